The van der Waals surface area contributed by atoms with Crippen LogP contribution in [0.3, 0.4) is 0 Å². The van der Waals surface area contributed by atoms with Crippen molar-refractivity contribution in [2.75, 3.05) is 0 Å². The van der Waals surface area contributed by atoms with E-state index in [1.165, 1.54) is 0 Å². The fourth-order valence-electron chi connectivity index (χ4n) is 1.58. The third-order valence-corrected chi connectivity index (χ3v) is 3.47. The Morgan fingerprint density at radius 2 is 1.94 bits per heavy atom. The molecule has 1 aromatic heterocycles. The predicted molar refractivity (Wildman–Crippen MR) is 74.5 cm³/mol. The minimum atomic E-state index is -0.217. The molecule has 1 heterocycles. The van der Waals surface area contributed by atoms with E-state index in [2.05, 4.69) is 10.4 Å². The molecule has 0 amide bonds. The van der Waals surface area contributed by atoms with Crippen LogP contribution < -0.4 is 5.73 Å². The smallest absolute Gasteiger partial charge is 0.123 e. The van der Waals surface area contributed by atoms with Crippen molar-refractivity contribution in [1.82, 2.24) is 4.98 Å². The van der Waals surface area contributed by atoms with Gasteiger partial charge in [-0.25, -0.2) is 4.98 Å². The van der Waals surface area contributed by atoms with Crippen molar-refractivity contribution >= 4 is 22.9 Å². The molecular weight excluding hydrogens is 252 g/mol. The third-order valence-electron chi connectivity index (χ3n) is 2.28. The molecule has 0 atom stereocenters. The van der Waals surface area contributed by atoms with Crippen LogP contribution >= 0.6 is 22.9 Å². The van der Waals surface area contributed by atoms with Gasteiger partial charge in [0.25, 0.3) is 0 Å². The Balaban J connectivity index is 2.21. The third kappa shape index (κ3) is 3.53. The Morgan fingerprint density at radius 3 is 2.53 bits per heavy atom. The Morgan fingerprint density at radius 1 is 1.29 bits per heavy atom. The van der Waals surface area contributed by atoms with E-state index in [4.69, 9.17) is 17.3 Å². The van der Waals surface area contributed by atoms with Gasteiger partial charge in [0, 0.05) is 27.9 Å². The second kappa shape index (κ2) is 4.77. The Hall–Kier alpha value is -0.900. The summed E-state index contributed by atoms with van der Waals surface area (Å²) in [6, 6.07) is 7.73. The number of aromatic nitrogens is 1. The van der Waals surface area contributed by atoms with E-state index in [-0.39, 0.29) is 5.54 Å². The quantitative estimate of drug-likeness (QED) is 0.919. The highest BCUT2D eigenvalue weighted by Crippen LogP contribution is 2.26. The summed E-state index contributed by atoms with van der Waals surface area (Å²) in [6.45, 7) is 4.02. The first-order chi connectivity index (χ1) is 7.94. The molecule has 2 nitrogen and oxygen atoms in total. The van der Waals surface area contributed by atoms with Gasteiger partial charge in [0.15, 0.2) is 0 Å². The van der Waals surface area contributed by atoms with Crippen molar-refractivity contribution < 1.29 is 0 Å². The molecule has 90 valence electrons. The fourth-order valence-corrected chi connectivity index (χ4v) is 2.53. The van der Waals surface area contributed by atoms with E-state index >= 15 is 0 Å². The molecule has 2 rings (SSSR count). The van der Waals surface area contributed by atoms with Gasteiger partial charge in [0.05, 0.1) is 5.69 Å². The van der Waals surface area contributed by atoms with Crippen LogP contribution in [-0.2, 0) is 6.42 Å². The van der Waals surface area contributed by atoms with Crippen molar-refractivity contribution in [2.45, 2.75) is 25.8 Å². The minimum Gasteiger partial charge on any atom is -0.325 e. The molecule has 0 fully saturated rings. The topological polar surface area (TPSA) is 38.9 Å². The van der Waals surface area contributed by atoms with Gasteiger partial charge in [0.1, 0.15) is 5.01 Å². The highest BCUT2D eigenvalue weighted by atomic mass is 35.5. The molecule has 0 aliphatic carbocycles. The first kappa shape index (κ1) is 12.6. The lowest BCUT2D eigenvalue weighted by Crippen LogP contribution is -2.34. The van der Waals surface area contributed by atoms with Gasteiger partial charge in [-0.1, -0.05) is 23.7 Å². The van der Waals surface area contributed by atoms with Gasteiger partial charge in [-0.3, -0.25) is 0 Å². The van der Waals surface area contributed by atoms with Crippen LogP contribution in [-0.4, -0.2) is 10.5 Å². The largest absolute Gasteiger partial charge is 0.325 e. The van der Waals surface area contributed by atoms with Crippen LogP contribution in [0.15, 0.2) is 29.6 Å². The molecular formula is C13H15ClN2S. The molecule has 0 spiro atoms. The van der Waals surface area contributed by atoms with Crippen LogP contribution in [0.5, 0.6) is 0 Å². The summed E-state index contributed by atoms with van der Waals surface area (Å²) < 4.78 is 0. The lowest BCUT2D eigenvalue weighted by Gasteiger charge is -2.16. The van der Waals surface area contributed by atoms with Crippen LogP contribution in [0.2, 0.25) is 5.02 Å². The van der Waals surface area contributed by atoms with Crippen molar-refractivity contribution in [3.05, 3.63) is 40.4 Å². The second-order valence-electron chi connectivity index (χ2n) is 4.82. The number of nitrogens with zero attached hydrogens (tertiary/aromatic N) is 1. The second-order valence-corrected chi connectivity index (χ2v) is 6.11. The van der Waals surface area contributed by atoms with Crippen molar-refractivity contribution in [3.63, 3.8) is 0 Å². The molecule has 17 heavy (non-hydrogen) atoms. The Kier molecular flexibility index (Phi) is 3.52. The summed E-state index contributed by atoms with van der Waals surface area (Å²) in [5.41, 5.74) is 7.91. The predicted octanol–water partition coefficient (Wildman–Crippen LogP) is 3.74. The lowest BCUT2D eigenvalue weighted by atomic mass is 10.0. The average molecular weight is 267 g/mol. The number of benzene rings is 1. The molecule has 1 aromatic carbocycles. The lowest BCUT2D eigenvalue weighted by molar-refractivity contribution is 0.511. The van der Waals surface area contributed by atoms with E-state index in [9.17, 15) is 0 Å². The number of halogens is 1. The molecule has 0 unspecified atom stereocenters. The normalized spacial score (nSPS) is 11.8. The van der Waals surface area contributed by atoms with E-state index in [0.717, 1.165) is 27.7 Å². The minimum absolute atomic E-state index is 0.217. The van der Waals surface area contributed by atoms with Crippen molar-refractivity contribution in [1.29, 1.82) is 0 Å². The van der Waals surface area contributed by atoms with Gasteiger partial charge in [-0.2, -0.15) is 0 Å². The molecule has 0 bridgehead atoms. The first-order valence-corrected chi connectivity index (χ1v) is 6.69. The van der Waals surface area contributed by atoms with E-state index < -0.39 is 0 Å². The summed E-state index contributed by atoms with van der Waals surface area (Å²) in [5.74, 6) is 0. The highest BCUT2D eigenvalue weighted by Gasteiger charge is 2.14. The maximum absolute atomic E-state index is 5.98. The number of rotatable bonds is 3. The molecule has 0 aliphatic heterocycles. The zero-order chi connectivity index (χ0) is 12.5. The van der Waals surface area contributed by atoms with Gasteiger partial charge in [-0.05, 0) is 26.0 Å². The van der Waals surface area contributed by atoms with Crippen LogP contribution in [0.25, 0.3) is 10.6 Å². The summed E-state index contributed by atoms with van der Waals surface area (Å²) in [7, 11) is 0. The summed E-state index contributed by atoms with van der Waals surface area (Å²) in [6.07, 6.45) is 0.789. The Bertz CT molecular complexity index is 497. The molecule has 0 saturated carbocycles. The molecule has 0 saturated heterocycles. The zero-order valence-corrected chi connectivity index (χ0v) is 11.5. The first-order valence-electron chi connectivity index (χ1n) is 5.43. The van der Waals surface area contributed by atoms with Crippen LogP contribution in [0, 0.1) is 0 Å². The SMILES string of the molecule is CC(C)(N)Cc1csc(-c2ccc(Cl)cc2)n1. The van der Waals surface area contributed by atoms with Crippen molar-refractivity contribution in [2.24, 2.45) is 5.73 Å². The number of thiazole rings is 1. The van der Waals surface area contributed by atoms with Gasteiger partial charge in [0.2, 0.25) is 0 Å². The maximum Gasteiger partial charge on any atom is 0.123 e. The standard InChI is InChI=1S/C13H15ClN2S/c1-13(2,15)7-11-8-17-12(16-11)9-3-5-10(14)6-4-9/h3-6,8H,7,15H2,1-2H3. The van der Waals surface area contributed by atoms with Crippen molar-refractivity contribution in [3.8, 4) is 10.6 Å². The van der Waals surface area contributed by atoms with Gasteiger partial charge >= 0.3 is 0 Å². The molecule has 4 heteroatoms. The fraction of sp³-hybridized carbons (Fsp3) is 0.308. The average Bonchev–Trinajstić information content (AvgIpc) is 2.64. The number of nitrogens with two attached hydrogens (primary N) is 1. The van der Waals surface area contributed by atoms with E-state index in [1.54, 1.807) is 11.3 Å². The molecule has 0 aliphatic rings. The monoisotopic (exact) mass is 266 g/mol. The van der Waals surface area contributed by atoms with Gasteiger partial charge in [-0.15, -0.1) is 11.3 Å². The van der Waals surface area contributed by atoms with Crippen LogP contribution in [0.1, 0.15) is 19.5 Å². The summed E-state index contributed by atoms with van der Waals surface area (Å²) >= 11 is 7.50. The van der Waals surface area contributed by atoms with E-state index in [1.807, 2.05) is 38.1 Å². The zero-order valence-electron chi connectivity index (χ0n) is 9.90. The number of hydrogen-bond donors (Lipinski definition) is 1. The molecule has 2 aromatic rings. The highest BCUT2D eigenvalue weighted by molar-refractivity contribution is 7.13. The maximum atomic E-state index is 5.98. The summed E-state index contributed by atoms with van der Waals surface area (Å²) in [5, 5.41) is 3.83. The van der Waals surface area contributed by atoms with Crippen LogP contribution in [0.4, 0.5) is 0 Å². The number of hydrogen-bond acceptors (Lipinski definition) is 3. The molecule has 2 N–H and O–H groups in total. The summed E-state index contributed by atoms with van der Waals surface area (Å²) in [4.78, 5) is 4.59. The van der Waals surface area contributed by atoms with E-state index in [0.29, 0.717) is 0 Å². The molecule has 0 radical (unpaired) electrons. The van der Waals surface area contributed by atoms with Gasteiger partial charge < -0.3 is 5.73 Å². The Labute approximate surface area is 110 Å².